The maximum Gasteiger partial charge on any atom is 0.0311 e. The van der Waals surface area contributed by atoms with Crippen LogP contribution < -0.4 is 0 Å². The van der Waals surface area contributed by atoms with Crippen LogP contribution in [-0.2, 0) is 4.33 Å². The van der Waals surface area contributed by atoms with Gasteiger partial charge in [-0.05, 0) is 6.42 Å². The van der Waals surface area contributed by atoms with E-state index in [2.05, 4.69) is 11.3 Å². The van der Waals surface area contributed by atoms with Gasteiger partial charge in [-0.25, -0.2) is 5.26 Å². The molecule has 0 radical (unpaired) electrons. The van der Waals surface area contributed by atoms with Gasteiger partial charge in [0.2, 0.25) is 0 Å². The normalized spacial score (nSPS) is 10.9. The summed E-state index contributed by atoms with van der Waals surface area (Å²) in [6.07, 6.45) is 16.4. The largest absolute Gasteiger partial charge is 0.239 e. The number of unbranched alkanes of at least 4 members (excludes halogenated alkanes) is 11. The van der Waals surface area contributed by atoms with E-state index >= 15 is 0 Å². The van der Waals surface area contributed by atoms with Crippen LogP contribution in [0, 0.1) is 0 Å². The summed E-state index contributed by atoms with van der Waals surface area (Å²) in [5.74, 6) is 0.911. The van der Waals surface area contributed by atoms with Crippen LogP contribution in [0.3, 0.4) is 0 Å². The van der Waals surface area contributed by atoms with E-state index in [0.29, 0.717) is 0 Å². The molecule has 0 spiro atoms. The fourth-order valence-corrected chi connectivity index (χ4v) is 2.44. The first-order chi connectivity index (χ1) is 8.41. The average Bonchev–Trinajstić information content (AvgIpc) is 2.35. The zero-order valence-electron chi connectivity index (χ0n) is 11.5. The molecule has 0 amide bonds. The van der Waals surface area contributed by atoms with Gasteiger partial charge in [0.1, 0.15) is 0 Å². The summed E-state index contributed by atoms with van der Waals surface area (Å²) < 4.78 is 3.96. The van der Waals surface area contributed by atoms with Crippen LogP contribution >= 0.6 is 12.0 Å². The van der Waals surface area contributed by atoms with Crippen molar-refractivity contribution in [1.82, 2.24) is 0 Å². The molecule has 0 saturated carbocycles. The fraction of sp³-hybridized carbons (Fsp3) is 1.00. The van der Waals surface area contributed by atoms with Crippen molar-refractivity contribution in [1.29, 1.82) is 0 Å². The Labute approximate surface area is 112 Å². The van der Waals surface area contributed by atoms with E-state index in [1.165, 1.54) is 70.6 Å². The van der Waals surface area contributed by atoms with E-state index in [4.69, 9.17) is 5.26 Å². The van der Waals surface area contributed by atoms with Gasteiger partial charge < -0.3 is 0 Å². The molecule has 0 heterocycles. The van der Waals surface area contributed by atoms with Crippen molar-refractivity contribution in [2.45, 2.75) is 84.0 Å². The van der Waals surface area contributed by atoms with Crippen molar-refractivity contribution in [3.63, 3.8) is 0 Å². The molecule has 3 heteroatoms. The number of rotatable bonds is 14. The molecule has 0 aromatic heterocycles. The van der Waals surface area contributed by atoms with Crippen LogP contribution in [0.15, 0.2) is 0 Å². The Kier molecular flexibility index (Phi) is 16.5. The summed E-state index contributed by atoms with van der Waals surface area (Å²) in [7, 11) is 0. The van der Waals surface area contributed by atoms with Crippen molar-refractivity contribution in [2.24, 2.45) is 0 Å². The third-order valence-corrected chi connectivity index (χ3v) is 3.69. The van der Waals surface area contributed by atoms with Crippen molar-refractivity contribution in [3.05, 3.63) is 0 Å². The maximum absolute atomic E-state index is 8.11. The topological polar surface area (TPSA) is 29.5 Å². The van der Waals surface area contributed by atoms with Gasteiger partial charge in [0.05, 0.1) is 0 Å². The highest BCUT2D eigenvalue weighted by molar-refractivity contribution is 7.94. The second-order valence-electron chi connectivity index (χ2n) is 4.79. The second-order valence-corrected chi connectivity index (χ2v) is 5.58. The first-order valence-corrected chi connectivity index (χ1v) is 8.26. The quantitative estimate of drug-likeness (QED) is 0.185. The van der Waals surface area contributed by atoms with E-state index in [1.54, 1.807) is 0 Å². The zero-order valence-corrected chi connectivity index (χ0v) is 12.3. The Morgan fingerprint density at radius 1 is 0.706 bits per heavy atom. The van der Waals surface area contributed by atoms with Gasteiger partial charge in [-0.15, -0.1) is 0 Å². The molecule has 0 unspecified atom stereocenters. The predicted octanol–water partition coefficient (Wildman–Crippen LogP) is 5.83. The Bertz CT molecular complexity index is 117. The van der Waals surface area contributed by atoms with E-state index in [0.717, 1.165) is 24.2 Å². The fourth-order valence-electron chi connectivity index (χ4n) is 2.04. The molecular weight excluding hydrogens is 232 g/mol. The van der Waals surface area contributed by atoms with E-state index in [9.17, 15) is 0 Å². The smallest absolute Gasteiger partial charge is 0.0311 e. The van der Waals surface area contributed by atoms with Crippen LogP contribution in [0.1, 0.15) is 84.0 Å². The first-order valence-electron chi connectivity index (χ1n) is 7.35. The zero-order chi connectivity index (χ0) is 12.6. The highest BCUT2D eigenvalue weighted by Crippen LogP contribution is 2.12. The van der Waals surface area contributed by atoms with E-state index in [-0.39, 0.29) is 0 Å². The Balaban J connectivity index is 2.85. The van der Waals surface area contributed by atoms with Crippen LogP contribution in [-0.4, -0.2) is 11.0 Å². The van der Waals surface area contributed by atoms with Gasteiger partial charge >= 0.3 is 0 Å². The number of hydrogen-bond donors (Lipinski definition) is 1. The second kappa shape index (κ2) is 16.3. The molecule has 0 rings (SSSR count). The molecule has 0 saturated heterocycles. The third kappa shape index (κ3) is 16.3. The SMILES string of the molecule is CCCCCCCCCCCCCCSOO. The summed E-state index contributed by atoms with van der Waals surface area (Å²) >= 11 is 1.14. The monoisotopic (exact) mass is 262 g/mol. The molecule has 0 aliphatic rings. The van der Waals surface area contributed by atoms with Crippen LogP contribution in [0.4, 0.5) is 0 Å². The Hall–Kier alpha value is 0.270. The van der Waals surface area contributed by atoms with Gasteiger partial charge in [0.15, 0.2) is 0 Å². The van der Waals surface area contributed by atoms with Crippen molar-refractivity contribution in [3.8, 4) is 0 Å². The lowest BCUT2D eigenvalue weighted by Gasteiger charge is -2.02. The van der Waals surface area contributed by atoms with Gasteiger partial charge in [-0.1, -0.05) is 77.6 Å². The molecule has 2 nitrogen and oxygen atoms in total. The summed E-state index contributed by atoms with van der Waals surface area (Å²) in [4.78, 5) is 0. The molecule has 1 N–H and O–H groups in total. The van der Waals surface area contributed by atoms with Crippen molar-refractivity contribution >= 4 is 12.0 Å². The lowest BCUT2D eigenvalue weighted by Crippen LogP contribution is -1.84. The molecule has 17 heavy (non-hydrogen) atoms. The first kappa shape index (κ1) is 17.3. The summed E-state index contributed by atoms with van der Waals surface area (Å²) in [6.45, 7) is 2.27. The molecule has 0 fully saturated rings. The molecule has 0 bridgehead atoms. The lowest BCUT2D eigenvalue weighted by atomic mass is 10.1. The van der Waals surface area contributed by atoms with Crippen LogP contribution in [0.25, 0.3) is 0 Å². The van der Waals surface area contributed by atoms with Crippen LogP contribution in [0.5, 0.6) is 0 Å². The predicted molar refractivity (Wildman–Crippen MR) is 77.2 cm³/mol. The van der Waals surface area contributed by atoms with Gasteiger partial charge in [0, 0.05) is 17.8 Å². The number of hydrogen-bond acceptors (Lipinski definition) is 3. The summed E-state index contributed by atoms with van der Waals surface area (Å²) in [5, 5.41) is 8.11. The highest BCUT2D eigenvalue weighted by atomic mass is 32.2. The summed E-state index contributed by atoms with van der Waals surface area (Å²) in [6, 6.07) is 0. The standard InChI is InChI=1S/C14H30O2S/c1-2-3-4-5-6-7-8-9-10-11-12-13-14-17-16-15/h15H,2-14H2,1H3. The maximum atomic E-state index is 8.11. The van der Waals surface area contributed by atoms with Gasteiger partial charge in [0.25, 0.3) is 0 Å². The minimum absolute atomic E-state index is 0.911. The van der Waals surface area contributed by atoms with E-state index in [1.807, 2.05) is 0 Å². The average molecular weight is 262 g/mol. The minimum Gasteiger partial charge on any atom is -0.239 e. The van der Waals surface area contributed by atoms with Gasteiger partial charge in [-0.2, -0.15) is 4.33 Å². The third-order valence-electron chi connectivity index (χ3n) is 3.13. The van der Waals surface area contributed by atoms with E-state index < -0.39 is 0 Å². The minimum atomic E-state index is 0.911. The van der Waals surface area contributed by atoms with Crippen molar-refractivity contribution < 1.29 is 9.59 Å². The molecule has 0 aromatic rings. The van der Waals surface area contributed by atoms with Crippen LogP contribution in [0.2, 0.25) is 0 Å². The summed E-state index contributed by atoms with van der Waals surface area (Å²) in [5.41, 5.74) is 0. The molecular formula is C14H30O2S. The Morgan fingerprint density at radius 3 is 1.53 bits per heavy atom. The van der Waals surface area contributed by atoms with Crippen molar-refractivity contribution in [2.75, 3.05) is 5.75 Å². The molecule has 0 aliphatic heterocycles. The highest BCUT2D eigenvalue weighted by Gasteiger charge is 1.93. The Morgan fingerprint density at radius 2 is 1.12 bits per heavy atom. The van der Waals surface area contributed by atoms with Gasteiger partial charge in [-0.3, -0.25) is 0 Å². The molecule has 0 atom stereocenters. The molecule has 104 valence electrons. The lowest BCUT2D eigenvalue weighted by molar-refractivity contribution is -0.116. The molecule has 0 aliphatic carbocycles. The molecule has 0 aromatic carbocycles.